The summed E-state index contributed by atoms with van der Waals surface area (Å²) in [7, 11) is 0. The van der Waals surface area contributed by atoms with E-state index in [1.165, 1.54) is 17.4 Å². The summed E-state index contributed by atoms with van der Waals surface area (Å²) in [6, 6.07) is 10.3. The molecule has 2 unspecified atom stereocenters. The van der Waals surface area contributed by atoms with Crippen molar-refractivity contribution in [3.05, 3.63) is 42.1 Å². The van der Waals surface area contributed by atoms with Crippen LogP contribution in [0.15, 0.2) is 36.5 Å². The van der Waals surface area contributed by atoms with Gasteiger partial charge in [-0.15, -0.1) is 0 Å². The van der Waals surface area contributed by atoms with E-state index in [1.54, 1.807) is 0 Å². The first kappa shape index (κ1) is 13.4. The lowest BCUT2D eigenvalue weighted by Gasteiger charge is -2.16. The SMILES string of the molecule is CCC(C)SCC(N)c1cccc2ncccc12. The Balaban J connectivity index is 2.19. The van der Waals surface area contributed by atoms with E-state index in [1.807, 2.05) is 36.2 Å². The maximum Gasteiger partial charge on any atom is 0.0705 e. The molecule has 96 valence electrons. The minimum absolute atomic E-state index is 0.0805. The number of rotatable bonds is 5. The Hall–Kier alpha value is -1.06. The van der Waals surface area contributed by atoms with E-state index in [0.717, 1.165) is 11.3 Å². The third-order valence-corrected chi connectivity index (χ3v) is 4.67. The lowest BCUT2D eigenvalue weighted by Crippen LogP contribution is -2.15. The van der Waals surface area contributed by atoms with Crippen LogP contribution in [0.1, 0.15) is 31.9 Å². The van der Waals surface area contributed by atoms with Gasteiger partial charge in [0.25, 0.3) is 0 Å². The number of nitrogens with zero attached hydrogens (tertiary/aromatic N) is 1. The van der Waals surface area contributed by atoms with Gasteiger partial charge in [-0.05, 0) is 24.1 Å². The van der Waals surface area contributed by atoms with Crippen LogP contribution < -0.4 is 5.73 Å². The average Bonchev–Trinajstić information content (AvgIpc) is 2.43. The molecule has 2 aromatic rings. The second-order valence-electron chi connectivity index (χ2n) is 4.58. The monoisotopic (exact) mass is 260 g/mol. The molecule has 0 spiro atoms. The normalized spacial score (nSPS) is 14.6. The average molecular weight is 260 g/mol. The number of pyridine rings is 1. The lowest BCUT2D eigenvalue weighted by molar-refractivity contribution is 0.828. The molecule has 0 fully saturated rings. The predicted molar refractivity (Wildman–Crippen MR) is 80.9 cm³/mol. The molecule has 0 bridgehead atoms. The molecule has 0 saturated carbocycles. The smallest absolute Gasteiger partial charge is 0.0705 e. The van der Waals surface area contributed by atoms with Gasteiger partial charge < -0.3 is 5.73 Å². The molecule has 2 rings (SSSR count). The van der Waals surface area contributed by atoms with Gasteiger partial charge in [-0.1, -0.05) is 32.0 Å². The van der Waals surface area contributed by atoms with Crippen molar-refractivity contribution in [2.75, 3.05) is 5.75 Å². The molecule has 18 heavy (non-hydrogen) atoms. The first-order valence-corrected chi connectivity index (χ1v) is 7.48. The van der Waals surface area contributed by atoms with Crippen molar-refractivity contribution in [1.82, 2.24) is 4.98 Å². The third-order valence-electron chi connectivity index (χ3n) is 3.21. The van der Waals surface area contributed by atoms with Crippen LogP contribution in [0.2, 0.25) is 0 Å². The van der Waals surface area contributed by atoms with Gasteiger partial charge in [0, 0.05) is 28.6 Å². The highest BCUT2D eigenvalue weighted by Crippen LogP contribution is 2.26. The molecular weight excluding hydrogens is 240 g/mol. The van der Waals surface area contributed by atoms with Crippen LogP contribution >= 0.6 is 11.8 Å². The molecule has 2 nitrogen and oxygen atoms in total. The Labute approximate surface area is 113 Å². The highest BCUT2D eigenvalue weighted by Gasteiger charge is 2.11. The third kappa shape index (κ3) is 3.03. The van der Waals surface area contributed by atoms with E-state index >= 15 is 0 Å². The van der Waals surface area contributed by atoms with Crippen LogP contribution in [0.3, 0.4) is 0 Å². The Morgan fingerprint density at radius 1 is 1.28 bits per heavy atom. The zero-order chi connectivity index (χ0) is 13.0. The van der Waals surface area contributed by atoms with Crippen molar-refractivity contribution in [1.29, 1.82) is 0 Å². The van der Waals surface area contributed by atoms with Gasteiger partial charge in [0.1, 0.15) is 0 Å². The number of hydrogen-bond acceptors (Lipinski definition) is 3. The van der Waals surface area contributed by atoms with Crippen LogP contribution in [-0.2, 0) is 0 Å². The minimum Gasteiger partial charge on any atom is -0.323 e. The van der Waals surface area contributed by atoms with E-state index in [-0.39, 0.29) is 6.04 Å². The largest absolute Gasteiger partial charge is 0.323 e. The van der Waals surface area contributed by atoms with Crippen molar-refractivity contribution in [3.63, 3.8) is 0 Å². The quantitative estimate of drug-likeness (QED) is 0.889. The highest BCUT2D eigenvalue weighted by molar-refractivity contribution is 7.99. The van der Waals surface area contributed by atoms with E-state index in [2.05, 4.69) is 31.0 Å². The van der Waals surface area contributed by atoms with Crippen LogP contribution in [0.25, 0.3) is 10.9 Å². The summed E-state index contributed by atoms with van der Waals surface area (Å²) in [5.41, 5.74) is 8.55. The van der Waals surface area contributed by atoms with Crippen molar-refractivity contribution in [2.24, 2.45) is 5.73 Å². The van der Waals surface area contributed by atoms with Crippen molar-refractivity contribution < 1.29 is 0 Å². The second-order valence-corrected chi connectivity index (χ2v) is 6.05. The standard InChI is InChI=1S/C15H20N2S/c1-3-11(2)18-10-14(16)12-6-4-8-15-13(12)7-5-9-17-15/h4-9,11,14H,3,10,16H2,1-2H3. The van der Waals surface area contributed by atoms with Gasteiger partial charge >= 0.3 is 0 Å². The number of nitrogens with two attached hydrogens (primary N) is 1. The highest BCUT2D eigenvalue weighted by atomic mass is 32.2. The molecule has 1 aromatic heterocycles. The summed E-state index contributed by atoms with van der Waals surface area (Å²) in [6.45, 7) is 4.47. The molecule has 0 saturated heterocycles. The maximum absolute atomic E-state index is 6.32. The Morgan fingerprint density at radius 2 is 2.11 bits per heavy atom. The summed E-state index contributed by atoms with van der Waals surface area (Å²) < 4.78 is 0. The molecule has 2 atom stereocenters. The summed E-state index contributed by atoms with van der Waals surface area (Å²) in [5.74, 6) is 0.961. The molecule has 0 amide bonds. The van der Waals surface area contributed by atoms with Gasteiger partial charge in [-0.3, -0.25) is 4.98 Å². The predicted octanol–water partition coefficient (Wildman–Crippen LogP) is 3.77. The van der Waals surface area contributed by atoms with Gasteiger partial charge in [-0.25, -0.2) is 0 Å². The second kappa shape index (κ2) is 6.21. The number of hydrogen-bond donors (Lipinski definition) is 1. The molecule has 0 aliphatic rings. The van der Waals surface area contributed by atoms with Crippen LogP contribution in [0.5, 0.6) is 0 Å². The van der Waals surface area contributed by atoms with Crippen molar-refractivity contribution in [3.8, 4) is 0 Å². The van der Waals surface area contributed by atoms with E-state index in [0.29, 0.717) is 5.25 Å². The van der Waals surface area contributed by atoms with Crippen molar-refractivity contribution in [2.45, 2.75) is 31.6 Å². The number of aromatic nitrogens is 1. The van der Waals surface area contributed by atoms with Gasteiger partial charge in [-0.2, -0.15) is 11.8 Å². The number of fused-ring (bicyclic) bond motifs is 1. The van der Waals surface area contributed by atoms with Crippen LogP contribution in [0.4, 0.5) is 0 Å². The Morgan fingerprint density at radius 3 is 2.89 bits per heavy atom. The molecule has 0 aliphatic carbocycles. The first-order valence-electron chi connectivity index (χ1n) is 6.43. The fourth-order valence-corrected chi connectivity index (χ4v) is 2.88. The summed E-state index contributed by atoms with van der Waals surface area (Å²) in [4.78, 5) is 4.37. The van der Waals surface area contributed by atoms with Crippen LogP contribution in [0, 0.1) is 0 Å². The Kier molecular flexibility index (Phi) is 4.61. The number of thioether (sulfide) groups is 1. The molecule has 0 radical (unpaired) electrons. The zero-order valence-corrected chi connectivity index (χ0v) is 11.8. The minimum atomic E-state index is 0.0805. The van der Waals surface area contributed by atoms with E-state index < -0.39 is 0 Å². The van der Waals surface area contributed by atoms with E-state index in [4.69, 9.17) is 5.73 Å². The molecule has 1 aromatic carbocycles. The van der Waals surface area contributed by atoms with Gasteiger partial charge in [0.15, 0.2) is 0 Å². The summed E-state index contributed by atoms with van der Waals surface area (Å²) in [6.07, 6.45) is 3.01. The summed E-state index contributed by atoms with van der Waals surface area (Å²) >= 11 is 1.94. The number of benzene rings is 1. The molecule has 3 heteroatoms. The molecule has 2 N–H and O–H groups in total. The van der Waals surface area contributed by atoms with Gasteiger partial charge in [0.05, 0.1) is 5.52 Å². The van der Waals surface area contributed by atoms with E-state index in [9.17, 15) is 0 Å². The lowest BCUT2D eigenvalue weighted by atomic mass is 10.0. The fourth-order valence-electron chi connectivity index (χ4n) is 1.93. The molecular formula is C15H20N2S. The Bertz CT molecular complexity index is 507. The zero-order valence-electron chi connectivity index (χ0n) is 11.0. The fraction of sp³-hybridized carbons (Fsp3) is 0.400. The van der Waals surface area contributed by atoms with Crippen molar-refractivity contribution >= 4 is 22.7 Å². The van der Waals surface area contributed by atoms with Gasteiger partial charge in [0.2, 0.25) is 0 Å². The topological polar surface area (TPSA) is 38.9 Å². The molecule has 1 heterocycles. The van der Waals surface area contributed by atoms with Crippen LogP contribution in [-0.4, -0.2) is 16.0 Å². The maximum atomic E-state index is 6.32. The summed E-state index contributed by atoms with van der Waals surface area (Å²) in [5, 5.41) is 1.85. The first-order chi connectivity index (χ1) is 8.72. The molecule has 0 aliphatic heterocycles.